The molecule has 0 N–H and O–H groups in total. The summed E-state index contributed by atoms with van der Waals surface area (Å²) in [5, 5.41) is 0. The molecule has 2 aliphatic heterocycles. The molecule has 2 fully saturated rings. The fourth-order valence-electron chi connectivity index (χ4n) is 4.59. The Bertz CT molecular complexity index is 1100. The second-order valence-electron chi connectivity index (χ2n) is 8.87. The summed E-state index contributed by atoms with van der Waals surface area (Å²) in [6.07, 6.45) is -0.583. The van der Waals surface area contributed by atoms with Crippen molar-refractivity contribution in [2.75, 3.05) is 42.6 Å². The molecule has 2 heterocycles. The Kier molecular flexibility index (Phi) is 7.07. The van der Waals surface area contributed by atoms with E-state index in [0.717, 1.165) is 24.5 Å². The predicted octanol–water partition coefficient (Wildman–Crippen LogP) is 4.08. The summed E-state index contributed by atoms with van der Waals surface area (Å²) in [6.45, 7) is 3.81. The topological polar surface area (TPSA) is 62.3 Å². The number of amides is 2. The Morgan fingerprint density at radius 3 is 1.91 bits per heavy atom. The molecule has 35 heavy (non-hydrogen) atoms. The molecular formula is C28H29N3O4. The Morgan fingerprint density at radius 1 is 0.771 bits per heavy atom. The van der Waals surface area contributed by atoms with Gasteiger partial charge in [-0.3, -0.25) is 14.6 Å². The summed E-state index contributed by atoms with van der Waals surface area (Å²) in [5.41, 5.74) is 4.01. The molecule has 7 nitrogen and oxygen atoms in total. The van der Waals surface area contributed by atoms with E-state index in [1.165, 1.54) is 11.1 Å². The SMILES string of the molecule is O=C1COCCN1c1ccc(N2C[C@@H](CN(Cc3ccccc3)Cc3ccccc3)OC2=O)cc1. The number of anilines is 2. The molecule has 2 saturated heterocycles. The van der Waals surface area contributed by atoms with Crippen molar-refractivity contribution in [3.8, 4) is 0 Å². The van der Waals surface area contributed by atoms with Gasteiger partial charge in [-0.05, 0) is 35.4 Å². The van der Waals surface area contributed by atoms with Crippen molar-refractivity contribution in [1.29, 1.82) is 0 Å². The second-order valence-corrected chi connectivity index (χ2v) is 8.87. The number of morpholine rings is 1. The highest BCUT2D eigenvalue weighted by atomic mass is 16.6. The van der Waals surface area contributed by atoms with Crippen LogP contribution in [0, 0.1) is 0 Å². The molecular weight excluding hydrogens is 442 g/mol. The first kappa shape index (κ1) is 23.1. The van der Waals surface area contributed by atoms with Crippen LogP contribution in [0.4, 0.5) is 16.2 Å². The maximum Gasteiger partial charge on any atom is 0.414 e. The molecule has 0 radical (unpaired) electrons. The van der Waals surface area contributed by atoms with Gasteiger partial charge in [0, 0.05) is 37.6 Å². The Balaban J connectivity index is 1.26. The van der Waals surface area contributed by atoms with Crippen LogP contribution >= 0.6 is 0 Å². The number of benzene rings is 3. The molecule has 0 unspecified atom stereocenters. The third kappa shape index (κ3) is 5.70. The summed E-state index contributed by atoms with van der Waals surface area (Å²) in [4.78, 5) is 30.5. The van der Waals surface area contributed by atoms with Crippen molar-refractivity contribution >= 4 is 23.4 Å². The summed E-state index contributed by atoms with van der Waals surface area (Å²) in [6, 6.07) is 28.2. The van der Waals surface area contributed by atoms with Crippen LogP contribution in [-0.4, -0.2) is 55.9 Å². The summed E-state index contributed by atoms with van der Waals surface area (Å²) >= 11 is 0. The van der Waals surface area contributed by atoms with E-state index >= 15 is 0 Å². The lowest BCUT2D eigenvalue weighted by molar-refractivity contribution is -0.125. The second kappa shape index (κ2) is 10.7. The highest BCUT2D eigenvalue weighted by Gasteiger charge is 2.33. The van der Waals surface area contributed by atoms with E-state index in [2.05, 4.69) is 29.2 Å². The lowest BCUT2D eigenvalue weighted by Crippen LogP contribution is -2.41. The van der Waals surface area contributed by atoms with E-state index in [-0.39, 0.29) is 24.7 Å². The number of hydrogen-bond donors (Lipinski definition) is 0. The summed E-state index contributed by atoms with van der Waals surface area (Å²) in [7, 11) is 0. The van der Waals surface area contributed by atoms with Crippen molar-refractivity contribution in [3.63, 3.8) is 0 Å². The third-order valence-corrected chi connectivity index (χ3v) is 6.29. The van der Waals surface area contributed by atoms with E-state index in [9.17, 15) is 9.59 Å². The molecule has 0 spiro atoms. The van der Waals surface area contributed by atoms with Gasteiger partial charge in [0.1, 0.15) is 12.7 Å². The minimum absolute atomic E-state index is 0.0541. The van der Waals surface area contributed by atoms with Gasteiger partial charge in [-0.1, -0.05) is 60.7 Å². The average molecular weight is 472 g/mol. The zero-order valence-corrected chi connectivity index (χ0v) is 19.6. The van der Waals surface area contributed by atoms with Gasteiger partial charge >= 0.3 is 6.09 Å². The van der Waals surface area contributed by atoms with E-state index in [1.54, 1.807) is 9.80 Å². The van der Waals surface area contributed by atoms with Gasteiger partial charge in [0.05, 0.1) is 13.2 Å². The number of rotatable bonds is 8. The van der Waals surface area contributed by atoms with Gasteiger partial charge in [-0.15, -0.1) is 0 Å². The fourth-order valence-corrected chi connectivity index (χ4v) is 4.59. The van der Waals surface area contributed by atoms with Crippen LogP contribution in [0.2, 0.25) is 0 Å². The Labute approximate surface area is 205 Å². The van der Waals surface area contributed by atoms with Crippen LogP contribution in [-0.2, 0) is 27.4 Å². The van der Waals surface area contributed by atoms with Crippen molar-refractivity contribution < 1.29 is 19.1 Å². The molecule has 2 aliphatic rings. The van der Waals surface area contributed by atoms with Gasteiger partial charge in [-0.2, -0.15) is 0 Å². The lowest BCUT2D eigenvalue weighted by atomic mass is 10.1. The van der Waals surface area contributed by atoms with E-state index in [0.29, 0.717) is 26.2 Å². The predicted molar refractivity (Wildman–Crippen MR) is 134 cm³/mol. The average Bonchev–Trinajstić information content (AvgIpc) is 3.25. The van der Waals surface area contributed by atoms with Crippen LogP contribution in [0.25, 0.3) is 0 Å². The van der Waals surface area contributed by atoms with Crippen LogP contribution in [0.15, 0.2) is 84.9 Å². The van der Waals surface area contributed by atoms with Crippen LogP contribution < -0.4 is 9.80 Å². The minimum atomic E-state index is -0.343. The molecule has 3 aromatic rings. The first-order chi connectivity index (χ1) is 17.2. The largest absolute Gasteiger partial charge is 0.443 e. The van der Waals surface area contributed by atoms with E-state index < -0.39 is 0 Å². The molecule has 2 amide bonds. The van der Waals surface area contributed by atoms with E-state index in [4.69, 9.17) is 9.47 Å². The van der Waals surface area contributed by atoms with Crippen LogP contribution in [0.3, 0.4) is 0 Å². The Morgan fingerprint density at radius 2 is 1.34 bits per heavy atom. The molecule has 5 rings (SSSR count). The monoisotopic (exact) mass is 471 g/mol. The molecule has 3 aromatic carbocycles. The maximum atomic E-state index is 12.7. The van der Waals surface area contributed by atoms with Crippen molar-refractivity contribution in [3.05, 3.63) is 96.1 Å². The summed E-state index contributed by atoms with van der Waals surface area (Å²) in [5.74, 6) is -0.0541. The normalized spacial score (nSPS) is 18.3. The molecule has 0 aromatic heterocycles. The van der Waals surface area contributed by atoms with Gasteiger partial charge < -0.3 is 14.4 Å². The third-order valence-electron chi connectivity index (χ3n) is 6.29. The maximum absolute atomic E-state index is 12.7. The van der Waals surface area contributed by atoms with Crippen molar-refractivity contribution in [2.24, 2.45) is 0 Å². The minimum Gasteiger partial charge on any atom is -0.443 e. The standard InChI is InChI=1S/C28H29N3O4/c32-27-21-34-16-15-30(27)24-11-13-25(14-12-24)31-20-26(35-28(31)33)19-29(17-22-7-3-1-4-8-22)18-23-9-5-2-6-10-23/h1-14,26H,15-21H2/t26-/m1/s1. The molecule has 0 bridgehead atoms. The fraction of sp³-hybridized carbons (Fsp3) is 0.286. The van der Waals surface area contributed by atoms with Gasteiger partial charge in [0.15, 0.2) is 0 Å². The molecule has 180 valence electrons. The zero-order valence-electron chi connectivity index (χ0n) is 19.6. The number of cyclic esters (lactones) is 1. The van der Waals surface area contributed by atoms with Crippen LogP contribution in [0.1, 0.15) is 11.1 Å². The highest BCUT2D eigenvalue weighted by Crippen LogP contribution is 2.26. The quantitative estimate of drug-likeness (QED) is 0.496. The smallest absolute Gasteiger partial charge is 0.414 e. The van der Waals surface area contributed by atoms with E-state index in [1.807, 2.05) is 60.7 Å². The summed E-state index contributed by atoms with van der Waals surface area (Å²) < 4.78 is 11.0. The number of carbonyl (C=O) groups excluding carboxylic acids is 2. The van der Waals surface area contributed by atoms with Crippen molar-refractivity contribution in [2.45, 2.75) is 19.2 Å². The highest BCUT2D eigenvalue weighted by molar-refractivity contribution is 5.95. The number of nitrogens with zero attached hydrogens (tertiary/aromatic N) is 3. The molecule has 7 heteroatoms. The first-order valence-corrected chi connectivity index (χ1v) is 11.9. The van der Waals surface area contributed by atoms with Crippen molar-refractivity contribution in [1.82, 2.24) is 4.90 Å². The molecule has 1 atom stereocenters. The van der Waals surface area contributed by atoms with Gasteiger partial charge in [-0.25, -0.2) is 4.79 Å². The van der Waals surface area contributed by atoms with Gasteiger partial charge in [0.2, 0.25) is 0 Å². The number of carbonyl (C=O) groups is 2. The first-order valence-electron chi connectivity index (χ1n) is 11.9. The number of ether oxygens (including phenoxy) is 2. The van der Waals surface area contributed by atoms with Crippen LogP contribution in [0.5, 0.6) is 0 Å². The molecule has 0 aliphatic carbocycles. The zero-order chi connectivity index (χ0) is 24.0. The number of hydrogen-bond acceptors (Lipinski definition) is 5. The van der Waals surface area contributed by atoms with Gasteiger partial charge in [0.25, 0.3) is 5.91 Å². The molecule has 0 saturated carbocycles. The Hall–Kier alpha value is -3.68. The lowest BCUT2D eigenvalue weighted by Gasteiger charge is -2.27.